The summed E-state index contributed by atoms with van der Waals surface area (Å²) in [7, 11) is 0. The lowest BCUT2D eigenvalue weighted by molar-refractivity contribution is -0.137. The van der Waals surface area contributed by atoms with Crippen molar-refractivity contribution in [1.29, 1.82) is 0 Å². The summed E-state index contributed by atoms with van der Waals surface area (Å²) in [4.78, 5) is 10.4. The second-order valence-corrected chi connectivity index (χ2v) is 9.02. The molecule has 0 radical (unpaired) electrons. The van der Waals surface area contributed by atoms with Gasteiger partial charge in [-0.3, -0.25) is 4.79 Å². The van der Waals surface area contributed by atoms with E-state index in [2.05, 4.69) is 38.2 Å². The lowest BCUT2D eigenvalue weighted by Crippen LogP contribution is -1.92. The Morgan fingerprint density at radius 1 is 0.586 bits per heavy atom. The van der Waals surface area contributed by atoms with Crippen LogP contribution in [0.4, 0.5) is 0 Å². The van der Waals surface area contributed by atoms with E-state index in [1.165, 1.54) is 89.9 Å². The minimum absolute atomic E-state index is 0.281. The molecule has 0 spiro atoms. The number of unbranched alkanes of at least 4 members (excludes halogenated alkanes) is 14. The van der Waals surface area contributed by atoms with Crippen molar-refractivity contribution in [3.63, 3.8) is 0 Å². The Morgan fingerprint density at radius 3 is 1.41 bits per heavy atom. The molecule has 0 rings (SSSR count). The van der Waals surface area contributed by atoms with Crippen molar-refractivity contribution in [2.75, 3.05) is 0 Å². The highest BCUT2D eigenvalue weighted by Gasteiger charge is 1.96. The molecule has 0 aliphatic heterocycles. The van der Waals surface area contributed by atoms with Gasteiger partial charge in [-0.1, -0.05) is 115 Å². The van der Waals surface area contributed by atoms with E-state index in [4.69, 9.17) is 5.11 Å². The predicted molar refractivity (Wildman–Crippen MR) is 128 cm³/mol. The van der Waals surface area contributed by atoms with E-state index in [9.17, 15) is 4.79 Å². The van der Waals surface area contributed by atoms with Crippen molar-refractivity contribution in [1.82, 2.24) is 0 Å². The van der Waals surface area contributed by atoms with E-state index < -0.39 is 5.97 Å². The summed E-state index contributed by atoms with van der Waals surface area (Å²) in [5.74, 6) is 0.183. The van der Waals surface area contributed by atoms with Crippen LogP contribution < -0.4 is 0 Å². The fourth-order valence-electron chi connectivity index (χ4n) is 3.62. The SMILES string of the molecule is CC(C)CCCCCCCCCCCCCC/C=C\CC/C=C\CCCC(=O)O. The van der Waals surface area contributed by atoms with Gasteiger partial charge in [0, 0.05) is 6.42 Å². The van der Waals surface area contributed by atoms with Crippen molar-refractivity contribution in [2.45, 2.75) is 136 Å². The molecule has 29 heavy (non-hydrogen) atoms. The molecule has 0 atom stereocenters. The van der Waals surface area contributed by atoms with E-state index in [1.807, 2.05) is 0 Å². The Hall–Kier alpha value is -1.05. The van der Waals surface area contributed by atoms with Crippen LogP contribution in [0.15, 0.2) is 24.3 Å². The molecular formula is C27H50O2. The molecule has 2 nitrogen and oxygen atoms in total. The first-order valence-electron chi connectivity index (χ1n) is 12.6. The van der Waals surface area contributed by atoms with E-state index in [0.717, 1.165) is 31.6 Å². The summed E-state index contributed by atoms with van der Waals surface area (Å²) in [6.45, 7) is 4.65. The molecule has 0 amide bonds. The number of allylic oxidation sites excluding steroid dienone is 4. The van der Waals surface area contributed by atoms with Crippen molar-refractivity contribution < 1.29 is 9.90 Å². The fourth-order valence-corrected chi connectivity index (χ4v) is 3.62. The van der Waals surface area contributed by atoms with Crippen LogP contribution in [0, 0.1) is 5.92 Å². The highest BCUT2D eigenvalue weighted by Crippen LogP contribution is 2.14. The van der Waals surface area contributed by atoms with Crippen LogP contribution in [-0.2, 0) is 4.79 Å². The van der Waals surface area contributed by atoms with E-state index in [1.54, 1.807) is 0 Å². The first-order valence-corrected chi connectivity index (χ1v) is 12.6. The number of rotatable bonds is 22. The fraction of sp³-hybridized carbons (Fsp3) is 0.815. The molecule has 0 fully saturated rings. The number of aliphatic carboxylic acids is 1. The Labute approximate surface area is 182 Å². The zero-order chi connectivity index (χ0) is 21.4. The number of carboxylic acid groups (broad SMARTS) is 1. The van der Waals surface area contributed by atoms with Gasteiger partial charge in [0.05, 0.1) is 0 Å². The molecule has 170 valence electrons. The zero-order valence-electron chi connectivity index (χ0n) is 19.7. The third-order valence-corrected chi connectivity index (χ3v) is 5.50. The second-order valence-electron chi connectivity index (χ2n) is 9.02. The average Bonchev–Trinajstić information content (AvgIpc) is 2.68. The standard InChI is InChI=1S/C27H50O2/c1-26(2)24-22-20-18-16-14-12-10-8-6-4-3-5-7-9-11-13-15-17-19-21-23-25-27(28)29/h9,11,17,19,26H,3-8,10,12-16,18,20-25H2,1-2H3,(H,28,29)/b11-9-,19-17-. The number of hydrogen-bond donors (Lipinski definition) is 1. The third-order valence-electron chi connectivity index (χ3n) is 5.50. The number of carboxylic acids is 1. The normalized spacial score (nSPS) is 12.0. The van der Waals surface area contributed by atoms with Gasteiger partial charge in [0.2, 0.25) is 0 Å². The summed E-state index contributed by atoms with van der Waals surface area (Å²) < 4.78 is 0. The van der Waals surface area contributed by atoms with Gasteiger partial charge in [-0.15, -0.1) is 0 Å². The van der Waals surface area contributed by atoms with Gasteiger partial charge in [0.15, 0.2) is 0 Å². The van der Waals surface area contributed by atoms with Gasteiger partial charge in [-0.25, -0.2) is 0 Å². The Bertz CT molecular complexity index is 395. The Kier molecular flexibility index (Phi) is 22.4. The van der Waals surface area contributed by atoms with Crippen LogP contribution in [0.2, 0.25) is 0 Å². The molecule has 1 N–H and O–H groups in total. The Balaban J connectivity index is 3.15. The van der Waals surface area contributed by atoms with E-state index in [0.29, 0.717) is 0 Å². The minimum Gasteiger partial charge on any atom is -0.481 e. The minimum atomic E-state index is -0.695. The molecule has 2 heteroatoms. The predicted octanol–water partition coefficient (Wildman–Crippen LogP) is 9.25. The van der Waals surface area contributed by atoms with Crippen molar-refractivity contribution in [2.24, 2.45) is 5.92 Å². The highest BCUT2D eigenvalue weighted by molar-refractivity contribution is 5.66. The van der Waals surface area contributed by atoms with Crippen LogP contribution in [0.25, 0.3) is 0 Å². The van der Waals surface area contributed by atoms with Crippen LogP contribution in [0.5, 0.6) is 0 Å². The van der Waals surface area contributed by atoms with Crippen molar-refractivity contribution in [3.05, 3.63) is 24.3 Å². The first kappa shape index (κ1) is 27.9. The lowest BCUT2D eigenvalue weighted by atomic mass is 10.0. The monoisotopic (exact) mass is 406 g/mol. The maximum absolute atomic E-state index is 10.4. The van der Waals surface area contributed by atoms with Crippen molar-refractivity contribution in [3.8, 4) is 0 Å². The summed E-state index contributed by atoms with van der Waals surface area (Å²) in [5.41, 5.74) is 0. The number of carbonyl (C=O) groups is 1. The van der Waals surface area contributed by atoms with Gasteiger partial charge in [0.25, 0.3) is 0 Å². The maximum atomic E-state index is 10.4. The molecule has 0 aromatic carbocycles. The molecule has 0 unspecified atom stereocenters. The molecular weight excluding hydrogens is 356 g/mol. The first-order chi connectivity index (χ1) is 14.1. The van der Waals surface area contributed by atoms with Gasteiger partial charge in [0.1, 0.15) is 0 Å². The maximum Gasteiger partial charge on any atom is 0.303 e. The second kappa shape index (κ2) is 23.2. The molecule has 0 heterocycles. The molecule has 0 aromatic heterocycles. The highest BCUT2D eigenvalue weighted by atomic mass is 16.4. The van der Waals surface area contributed by atoms with Gasteiger partial charge < -0.3 is 5.11 Å². The van der Waals surface area contributed by atoms with E-state index in [-0.39, 0.29) is 6.42 Å². The summed E-state index contributed by atoms with van der Waals surface area (Å²) in [5, 5.41) is 8.56. The van der Waals surface area contributed by atoms with Gasteiger partial charge in [-0.2, -0.15) is 0 Å². The van der Waals surface area contributed by atoms with Crippen LogP contribution in [0.1, 0.15) is 136 Å². The molecule has 0 saturated heterocycles. The summed E-state index contributed by atoms with van der Waals surface area (Å²) >= 11 is 0. The molecule has 0 bridgehead atoms. The van der Waals surface area contributed by atoms with Crippen LogP contribution in [-0.4, -0.2) is 11.1 Å². The third kappa shape index (κ3) is 26.9. The van der Waals surface area contributed by atoms with Crippen molar-refractivity contribution >= 4 is 5.97 Å². The van der Waals surface area contributed by atoms with Gasteiger partial charge >= 0.3 is 5.97 Å². The smallest absolute Gasteiger partial charge is 0.303 e. The largest absolute Gasteiger partial charge is 0.481 e. The van der Waals surface area contributed by atoms with Crippen LogP contribution in [0.3, 0.4) is 0 Å². The molecule has 0 aliphatic carbocycles. The number of hydrogen-bond acceptors (Lipinski definition) is 1. The molecule has 0 aliphatic rings. The molecule has 0 saturated carbocycles. The molecule has 0 aromatic rings. The summed E-state index contributed by atoms with van der Waals surface area (Å²) in [6, 6.07) is 0. The van der Waals surface area contributed by atoms with E-state index >= 15 is 0 Å². The van der Waals surface area contributed by atoms with Crippen LogP contribution >= 0.6 is 0 Å². The summed E-state index contributed by atoms with van der Waals surface area (Å²) in [6.07, 6.45) is 32.7. The Morgan fingerprint density at radius 2 is 0.966 bits per heavy atom. The lowest BCUT2D eigenvalue weighted by Gasteiger charge is -2.04. The zero-order valence-corrected chi connectivity index (χ0v) is 19.7. The average molecular weight is 407 g/mol. The quantitative estimate of drug-likeness (QED) is 0.144. The topological polar surface area (TPSA) is 37.3 Å². The van der Waals surface area contributed by atoms with Gasteiger partial charge in [-0.05, 0) is 44.4 Å².